The fourth-order valence-electron chi connectivity index (χ4n) is 2.64. The van der Waals surface area contributed by atoms with Gasteiger partial charge >= 0.3 is 0 Å². The smallest absolute Gasteiger partial charge is 0.0595 e. The van der Waals surface area contributed by atoms with Crippen LogP contribution in [0.25, 0.3) is 0 Å². The number of nitrogens with one attached hydrogen (secondary N) is 1. The van der Waals surface area contributed by atoms with E-state index in [0.29, 0.717) is 6.10 Å². The SMILES string of the molecule is CNCCc1ccc(CN2CCC(OC)CC2)cc1. The first-order valence-electron chi connectivity index (χ1n) is 7.29. The van der Waals surface area contributed by atoms with Crippen molar-refractivity contribution >= 4 is 0 Å². The number of rotatable bonds is 6. The topological polar surface area (TPSA) is 24.5 Å². The zero-order valence-corrected chi connectivity index (χ0v) is 12.2. The maximum Gasteiger partial charge on any atom is 0.0595 e. The van der Waals surface area contributed by atoms with Gasteiger partial charge in [0.05, 0.1) is 6.10 Å². The number of nitrogens with zero attached hydrogens (tertiary/aromatic N) is 1. The monoisotopic (exact) mass is 262 g/mol. The molecule has 1 aliphatic heterocycles. The quantitative estimate of drug-likeness (QED) is 0.849. The van der Waals surface area contributed by atoms with Gasteiger partial charge < -0.3 is 10.1 Å². The molecule has 2 rings (SSSR count). The van der Waals surface area contributed by atoms with Crippen molar-refractivity contribution in [1.82, 2.24) is 10.2 Å². The molecule has 3 heteroatoms. The molecule has 0 bridgehead atoms. The van der Waals surface area contributed by atoms with Crippen molar-refractivity contribution in [3.8, 4) is 0 Å². The number of benzene rings is 1. The Kier molecular flexibility index (Phi) is 5.83. The van der Waals surface area contributed by atoms with Crippen molar-refractivity contribution in [2.75, 3.05) is 33.8 Å². The minimum absolute atomic E-state index is 0.472. The molecular weight excluding hydrogens is 236 g/mol. The Hall–Kier alpha value is -0.900. The molecule has 1 aromatic carbocycles. The van der Waals surface area contributed by atoms with Crippen LogP contribution < -0.4 is 5.32 Å². The van der Waals surface area contributed by atoms with Gasteiger partial charge in [-0.1, -0.05) is 24.3 Å². The fourth-order valence-corrected chi connectivity index (χ4v) is 2.64. The van der Waals surface area contributed by atoms with E-state index < -0.39 is 0 Å². The minimum atomic E-state index is 0.472. The van der Waals surface area contributed by atoms with Gasteiger partial charge in [0.25, 0.3) is 0 Å². The first-order chi connectivity index (χ1) is 9.31. The van der Waals surface area contributed by atoms with E-state index in [-0.39, 0.29) is 0 Å². The van der Waals surface area contributed by atoms with Crippen molar-refractivity contribution in [2.24, 2.45) is 0 Å². The summed E-state index contributed by atoms with van der Waals surface area (Å²) >= 11 is 0. The van der Waals surface area contributed by atoms with Gasteiger partial charge in [-0.15, -0.1) is 0 Å². The van der Waals surface area contributed by atoms with Gasteiger partial charge in [0.15, 0.2) is 0 Å². The molecule has 1 aromatic rings. The Labute approximate surface area is 116 Å². The lowest BCUT2D eigenvalue weighted by Crippen LogP contribution is -2.36. The molecule has 1 fully saturated rings. The van der Waals surface area contributed by atoms with E-state index in [9.17, 15) is 0 Å². The molecule has 0 saturated carbocycles. The van der Waals surface area contributed by atoms with Crippen molar-refractivity contribution in [2.45, 2.75) is 31.9 Å². The van der Waals surface area contributed by atoms with E-state index in [1.54, 1.807) is 0 Å². The van der Waals surface area contributed by atoms with Gasteiger partial charge in [0.2, 0.25) is 0 Å². The maximum atomic E-state index is 5.41. The van der Waals surface area contributed by atoms with Crippen LogP contribution in [0.5, 0.6) is 0 Å². The molecule has 106 valence electrons. The van der Waals surface area contributed by atoms with Crippen molar-refractivity contribution in [3.63, 3.8) is 0 Å². The second kappa shape index (κ2) is 7.63. The lowest BCUT2D eigenvalue weighted by atomic mass is 10.1. The second-order valence-electron chi connectivity index (χ2n) is 5.38. The third-order valence-corrected chi connectivity index (χ3v) is 3.96. The average molecular weight is 262 g/mol. The number of likely N-dealkylation sites (N-methyl/N-ethyl adjacent to an activating group) is 1. The summed E-state index contributed by atoms with van der Waals surface area (Å²) in [5, 5.41) is 3.19. The molecule has 1 heterocycles. The highest BCUT2D eigenvalue weighted by molar-refractivity contribution is 5.22. The average Bonchev–Trinajstić information content (AvgIpc) is 2.47. The zero-order chi connectivity index (χ0) is 13.5. The highest BCUT2D eigenvalue weighted by Crippen LogP contribution is 2.16. The van der Waals surface area contributed by atoms with Crippen LogP contribution in [0.4, 0.5) is 0 Å². The number of hydrogen-bond donors (Lipinski definition) is 1. The van der Waals surface area contributed by atoms with Crippen LogP contribution in [-0.4, -0.2) is 44.8 Å². The zero-order valence-electron chi connectivity index (χ0n) is 12.2. The van der Waals surface area contributed by atoms with Crippen molar-refractivity contribution in [3.05, 3.63) is 35.4 Å². The second-order valence-corrected chi connectivity index (χ2v) is 5.38. The number of methoxy groups -OCH3 is 1. The molecule has 3 nitrogen and oxygen atoms in total. The molecule has 0 atom stereocenters. The molecular formula is C16H26N2O. The summed E-state index contributed by atoms with van der Waals surface area (Å²) in [6.45, 7) is 4.42. The first kappa shape index (κ1) is 14.5. The number of likely N-dealkylation sites (tertiary alicyclic amines) is 1. The van der Waals surface area contributed by atoms with Crippen molar-refractivity contribution < 1.29 is 4.74 Å². The first-order valence-corrected chi connectivity index (χ1v) is 7.29. The van der Waals surface area contributed by atoms with Gasteiger partial charge in [-0.05, 0) is 44.0 Å². The number of piperidine rings is 1. The van der Waals surface area contributed by atoms with E-state index in [4.69, 9.17) is 4.74 Å². The summed E-state index contributed by atoms with van der Waals surface area (Å²) in [5.74, 6) is 0. The molecule has 0 aliphatic carbocycles. The fraction of sp³-hybridized carbons (Fsp3) is 0.625. The Bertz CT molecular complexity index is 356. The summed E-state index contributed by atoms with van der Waals surface area (Å²) in [7, 11) is 3.82. The summed E-state index contributed by atoms with van der Waals surface area (Å²) < 4.78 is 5.41. The van der Waals surface area contributed by atoms with Crippen LogP contribution in [0.2, 0.25) is 0 Å². The van der Waals surface area contributed by atoms with Gasteiger partial charge in [-0.2, -0.15) is 0 Å². The molecule has 19 heavy (non-hydrogen) atoms. The molecule has 0 radical (unpaired) electrons. The molecule has 1 aliphatic rings. The predicted octanol–water partition coefficient (Wildman–Crippen LogP) is 2.06. The summed E-state index contributed by atoms with van der Waals surface area (Å²) in [4.78, 5) is 2.53. The molecule has 0 spiro atoms. The Morgan fingerprint density at radius 3 is 2.37 bits per heavy atom. The van der Waals surface area contributed by atoms with Crippen LogP contribution in [0.1, 0.15) is 24.0 Å². The van der Waals surface area contributed by atoms with Gasteiger partial charge in [0.1, 0.15) is 0 Å². The number of ether oxygens (including phenoxy) is 1. The standard InChI is InChI=1S/C16H26N2O/c1-17-10-7-14-3-5-15(6-4-14)13-18-11-8-16(19-2)9-12-18/h3-6,16-17H,7-13H2,1-2H3. The van der Waals surface area contributed by atoms with E-state index >= 15 is 0 Å². The maximum absolute atomic E-state index is 5.41. The lowest BCUT2D eigenvalue weighted by molar-refractivity contribution is 0.0388. The lowest BCUT2D eigenvalue weighted by Gasteiger charge is -2.31. The van der Waals surface area contributed by atoms with E-state index in [0.717, 1.165) is 45.4 Å². The highest BCUT2D eigenvalue weighted by Gasteiger charge is 2.18. The van der Waals surface area contributed by atoms with E-state index in [1.165, 1.54) is 11.1 Å². The summed E-state index contributed by atoms with van der Waals surface area (Å²) in [6.07, 6.45) is 3.91. The van der Waals surface area contributed by atoms with E-state index in [1.807, 2.05) is 14.2 Å². The van der Waals surface area contributed by atoms with Crippen molar-refractivity contribution in [1.29, 1.82) is 0 Å². The van der Waals surface area contributed by atoms with Crippen LogP contribution in [-0.2, 0) is 17.7 Å². The molecule has 1 N–H and O–H groups in total. The molecule has 0 amide bonds. The van der Waals surface area contributed by atoms with Gasteiger partial charge in [-0.3, -0.25) is 4.90 Å². The van der Waals surface area contributed by atoms with Gasteiger partial charge in [0, 0.05) is 26.7 Å². The third kappa shape index (κ3) is 4.60. The normalized spacial score (nSPS) is 17.8. The van der Waals surface area contributed by atoms with Crippen LogP contribution in [0.15, 0.2) is 24.3 Å². The number of hydrogen-bond acceptors (Lipinski definition) is 3. The van der Waals surface area contributed by atoms with Crippen LogP contribution in [0.3, 0.4) is 0 Å². The molecule has 0 aromatic heterocycles. The van der Waals surface area contributed by atoms with Crippen LogP contribution >= 0.6 is 0 Å². The molecule has 1 saturated heterocycles. The summed E-state index contributed by atoms with van der Waals surface area (Å²) in [5.41, 5.74) is 2.83. The minimum Gasteiger partial charge on any atom is -0.381 e. The molecule has 0 unspecified atom stereocenters. The highest BCUT2D eigenvalue weighted by atomic mass is 16.5. The van der Waals surface area contributed by atoms with Crippen LogP contribution in [0, 0.1) is 0 Å². The van der Waals surface area contributed by atoms with E-state index in [2.05, 4.69) is 34.5 Å². The predicted molar refractivity (Wildman–Crippen MR) is 79.4 cm³/mol. The Morgan fingerprint density at radius 2 is 1.79 bits per heavy atom. The summed E-state index contributed by atoms with van der Waals surface area (Å²) in [6, 6.07) is 9.06. The third-order valence-electron chi connectivity index (χ3n) is 3.96. The largest absolute Gasteiger partial charge is 0.381 e. The van der Waals surface area contributed by atoms with Gasteiger partial charge in [-0.25, -0.2) is 0 Å². The Balaban J connectivity index is 1.79. The Morgan fingerprint density at radius 1 is 1.16 bits per heavy atom.